The number of aldehydes is 1. The number of halogens is 1. The lowest BCUT2D eigenvalue weighted by atomic mass is 9.76. The van der Waals surface area contributed by atoms with Gasteiger partial charge in [-0.1, -0.05) is 41.2 Å². The Balaban J connectivity index is 2.76. The molecule has 0 saturated carbocycles. The monoisotopic (exact) mass is 278 g/mol. The predicted octanol–water partition coefficient (Wildman–Crippen LogP) is 2.98. The van der Waals surface area contributed by atoms with Crippen LogP contribution in [0.1, 0.15) is 26.7 Å². The van der Waals surface area contributed by atoms with Crippen LogP contribution in [-0.4, -0.2) is 10.7 Å². The molecule has 0 N–H and O–H groups in total. The van der Waals surface area contributed by atoms with Crippen molar-refractivity contribution in [2.75, 3.05) is 4.43 Å². The summed E-state index contributed by atoms with van der Waals surface area (Å²) in [6.45, 7) is 4.45. The molecule has 0 spiro atoms. The maximum Gasteiger partial charge on any atom is 0.120 e. The Morgan fingerprint density at radius 1 is 1.83 bits per heavy atom. The molecular weight excluding hydrogens is 263 g/mol. The fourth-order valence-corrected chi connectivity index (χ4v) is 3.05. The van der Waals surface area contributed by atoms with Crippen molar-refractivity contribution >= 4 is 28.9 Å². The molecule has 1 rings (SSSR count). The van der Waals surface area contributed by atoms with Gasteiger partial charge in [0, 0.05) is 16.3 Å². The molecule has 0 aromatic rings. The van der Waals surface area contributed by atoms with E-state index in [1.807, 2.05) is 0 Å². The minimum Gasteiger partial charge on any atom is -0.303 e. The van der Waals surface area contributed by atoms with E-state index >= 15 is 0 Å². The van der Waals surface area contributed by atoms with Crippen LogP contribution in [0.15, 0.2) is 11.6 Å². The Hall–Kier alpha value is 0.140. The summed E-state index contributed by atoms with van der Waals surface area (Å²) in [4.78, 5) is 10.4. The van der Waals surface area contributed by atoms with E-state index in [0.717, 1.165) is 17.1 Å². The zero-order valence-electron chi connectivity index (χ0n) is 7.64. The van der Waals surface area contributed by atoms with Crippen molar-refractivity contribution in [3.05, 3.63) is 11.6 Å². The Bertz CT molecular complexity index is 210. The minimum atomic E-state index is 0.279. The van der Waals surface area contributed by atoms with Gasteiger partial charge in [-0.15, -0.1) is 0 Å². The van der Waals surface area contributed by atoms with Crippen molar-refractivity contribution in [1.82, 2.24) is 0 Å². The predicted molar refractivity (Wildman–Crippen MR) is 59.5 cm³/mol. The molecule has 0 aromatic carbocycles. The van der Waals surface area contributed by atoms with Crippen LogP contribution in [0.4, 0.5) is 0 Å². The first-order valence-corrected chi connectivity index (χ1v) is 5.84. The van der Waals surface area contributed by atoms with Gasteiger partial charge in [0.25, 0.3) is 0 Å². The maximum absolute atomic E-state index is 10.4. The van der Waals surface area contributed by atoms with Gasteiger partial charge in [0.1, 0.15) is 6.29 Å². The number of hydrogen-bond donors (Lipinski definition) is 0. The lowest BCUT2D eigenvalue weighted by Crippen LogP contribution is -2.26. The summed E-state index contributed by atoms with van der Waals surface area (Å²) in [6.07, 6.45) is 5.14. The average Bonchev–Trinajstić information content (AvgIpc) is 2.34. The second-order valence-electron chi connectivity index (χ2n) is 3.77. The Morgan fingerprint density at radius 3 is 3.00 bits per heavy atom. The summed E-state index contributed by atoms with van der Waals surface area (Å²) in [5.41, 5.74) is 1.74. The van der Waals surface area contributed by atoms with Crippen LogP contribution >= 0.6 is 22.6 Å². The largest absolute Gasteiger partial charge is 0.303 e. The number of carbonyl (C=O) groups excluding carboxylic acids is 1. The summed E-state index contributed by atoms with van der Waals surface area (Å²) < 4.78 is 1.12. The first-order chi connectivity index (χ1) is 5.65. The van der Waals surface area contributed by atoms with E-state index in [-0.39, 0.29) is 5.41 Å². The van der Waals surface area contributed by atoms with E-state index in [9.17, 15) is 4.79 Å². The van der Waals surface area contributed by atoms with Crippen molar-refractivity contribution < 1.29 is 4.79 Å². The highest BCUT2D eigenvalue weighted by molar-refractivity contribution is 14.1. The number of carbonyl (C=O) groups is 1. The fraction of sp³-hybridized carbons (Fsp3) is 0.700. The van der Waals surface area contributed by atoms with E-state index in [2.05, 4.69) is 42.5 Å². The van der Waals surface area contributed by atoms with E-state index in [0.29, 0.717) is 12.3 Å². The molecule has 0 amide bonds. The summed E-state index contributed by atoms with van der Waals surface area (Å²) >= 11 is 2.42. The van der Waals surface area contributed by atoms with Gasteiger partial charge < -0.3 is 4.79 Å². The number of hydrogen-bond acceptors (Lipinski definition) is 1. The highest BCUT2D eigenvalue weighted by Crippen LogP contribution is 2.45. The van der Waals surface area contributed by atoms with Crippen LogP contribution in [0.2, 0.25) is 0 Å². The smallest absolute Gasteiger partial charge is 0.120 e. The van der Waals surface area contributed by atoms with Crippen molar-refractivity contribution in [2.24, 2.45) is 11.3 Å². The molecule has 1 nitrogen and oxygen atoms in total. The zero-order chi connectivity index (χ0) is 9.19. The number of alkyl halides is 1. The molecule has 0 bridgehead atoms. The molecule has 0 heterocycles. The number of allylic oxidation sites excluding steroid dienone is 2. The molecule has 1 aliphatic carbocycles. The molecule has 2 heteroatoms. The molecule has 0 fully saturated rings. The van der Waals surface area contributed by atoms with E-state index < -0.39 is 0 Å². The average molecular weight is 278 g/mol. The Kier molecular flexibility index (Phi) is 3.32. The van der Waals surface area contributed by atoms with Crippen LogP contribution in [0.25, 0.3) is 0 Å². The highest BCUT2D eigenvalue weighted by atomic mass is 127. The molecule has 12 heavy (non-hydrogen) atoms. The van der Waals surface area contributed by atoms with Crippen LogP contribution in [0.3, 0.4) is 0 Å². The third kappa shape index (κ3) is 1.58. The van der Waals surface area contributed by atoms with Gasteiger partial charge >= 0.3 is 0 Å². The summed E-state index contributed by atoms with van der Waals surface area (Å²) in [5.74, 6) is 0.548. The Morgan fingerprint density at radius 2 is 2.50 bits per heavy atom. The van der Waals surface area contributed by atoms with Gasteiger partial charge in [-0.2, -0.15) is 0 Å². The van der Waals surface area contributed by atoms with Gasteiger partial charge in [0.05, 0.1) is 0 Å². The molecule has 1 aliphatic rings. The SMILES string of the molecule is CC1=CC[C@@H](CC=O)[C@]1(C)CI. The quantitative estimate of drug-likeness (QED) is 0.336. The van der Waals surface area contributed by atoms with Crippen molar-refractivity contribution in [3.8, 4) is 0 Å². The molecule has 0 saturated heterocycles. The van der Waals surface area contributed by atoms with Gasteiger partial charge in [-0.3, -0.25) is 0 Å². The molecular formula is C10H15IO. The van der Waals surface area contributed by atoms with E-state index in [1.54, 1.807) is 0 Å². The normalized spacial score (nSPS) is 34.9. The lowest BCUT2D eigenvalue weighted by Gasteiger charge is -2.30. The van der Waals surface area contributed by atoms with Crippen LogP contribution in [0.5, 0.6) is 0 Å². The molecule has 0 aromatic heterocycles. The molecule has 0 radical (unpaired) electrons. The second-order valence-corrected chi connectivity index (χ2v) is 4.54. The first-order valence-electron chi connectivity index (χ1n) is 4.32. The minimum absolute atomic E-state index is 0.279. The van der Waals surface area contributed by atoms with Gasteiger partial charge in [-0.05, 0) is 19.3 Å². The highest BCUT2D eigenvalue weighted by Gasteiger charge is 2.37. The second kappa shape index (κ2) is 3.90. The van der Waals surface area contributed by atoms with Crippen molar-refractivity contribution in [1.29, 1.82) is 0 Å². The van der Waals surface area contributed by atoms with Crippen LogP contribution < -0.4 is 0 Å². The summed E-state index contributed by atoms with van der Waals surface area (Å²) in [6, 6.07) is 0. The van der Waals surface area contributed by atoms with Gasteiger partial charge in [0.15, 0.2) is 0 Å². The summed E-state index contributed by atoms with van der Waals surface area (Å²) in [7, 11) is 0. The Labute approximate surface area is 87.8 Å². The fourth-order valence-electron chi connectivity index (χ4n) is 1.82. The molecule has 0 unspecified atom stereocenters. The van der Waals surface area contributed by atoms with Crippen LogP contribution in [0, 0.1) is 11.3 Å². The van der Waals surface area contributed by atoms with Gasteiger partial charge in [-0.25, -0.2) is 0 Å². The van der Waals surface area contributed by atoms with E-state index in [4.69, 9.17) is 0 Å². The first kappa shape index (κ1) is 10.2. The molecule has 0 aliphatic heterocycles. The van der Waals surface area contributed by atoms with Crippen LogP contribution in [-0.2, 0) is 4.79 Å². The molecule has 2 atom stereocenters. The number of rotatable bonds is 3. The third-order valence-corrected chi connectivity index (χ3v) is 4.75. The maximum atomic E-state index is 10.4. The third-order valence-electron chi connectivity index (χ3n) is 3.17. The van der Waals surface area contributed by atoms with Crippen molar-refractivity contribution in [3.63, 3.8) is 0 Å². The van der Waals surface area contributed by atoms with Gasteiger partial charge in [0.2, 0.25) is 0 Å². The summed E-state index contributed by atoms with van der Waals surface area (Å²) in [5, 5.41) is 0. The topological polar surface area (TPSA) is 17.1 Å². The standard InChI is InChI=1S/C10H15IO/c1-8-3-4-9(5-6-12)10(8,2)7-11/h3,6,9H,4-5,7H2,1-2H3/t9-,10+/m0/s1. The van der Waals surface area contributed by atoms with Crippen molar-refractivity contribution in [2.45, 2.75) is 26.7 Å². The zero-order valence-corrected chi connectivity index (χ0v) is 9.80. The molecule has 68 valence electrons. The van der Waals surface area contributed by atoms with E-state index in [1.165, 1.54) is 5.57 Å². The lowest BCUT2D eigenvalue weighted by molar-refractivity contribution is -0.109.